The van der Waals surface area contributed by atoms with Crippen LogP contribution in [0.5, 0.6) is 0 Å². The van der Waals surface area contributed by atoms with Gasteiger partial charge in [-0.25, -0.2) is 14.8 Å². The van der Waals surface area contributed by atoms with Crippen LogP contribution in [-0.2, 0) is 13.0 Å². The molecule has 0 aliphatic rings. The Balaban J connectivity index is 1.53. The predicted octanol–water partition coefficient (Wildman–Crippen LogP) is 6.70. The highest BCUT2D eigenvalue weighted by Gasteiger charge is 2.16. The second kappa shape index (κ2) is 9.62. The van der Waals surface area contributed by atoms with Crippen LogP contribution in [0.1, 0.15) is 51.2 Å². The van der Waals surface area contributed by atoms with Gasteiger partial charge in [0.2, 0.25) is 0 Å². The van der Waals surface area contributed by atoms with Crippen molar-refractivity contribution in [2.75, 3.05) is 0 Å². The van der Waals surface area contributed by atoms with Gasteiger partial charge >= 0.3 is 5.97 Å². The fraction of sp³-hybridized carbons (Fsp3) is 0.226. The average Bonchev–Trinajstić information content (AvgIpc) is 3.21. The zero-order valence-electron chi connectivity index (χ0n) is 21.8. The van der Waals surface area contributed by atoms with Gasteiger partial charge in [-0.05, 0) is 74.2 Å². The normalized spacial score (nSPS) is 11.3. The van der Waals surface area contributed by atoms with Crippen molar-refractivity contribution in [2.45, 2.75) is 47.6 Å². The smallest absolute Gasteiger partial charge is 0.336 e. The number of fused-ring (bicyclic) bond motifs is 1. The number of hydrogen-bond donors (Lipinski definition) is 1. The molecule has 0 unspecified atom stereocenters. The van der Waals surface area contributed by atoms with Crippen LogP contribution in [0.15, 0.2) is 60.8 Å². The summed E-state index contributed by atoms with van der Waals surface area (Å²) in [7, 11) is 0. The molecule has 186 valence electrons. The van der Waals surface area contributed by atoms with Crippen LogP contribution in [0, 0.1) is 27.7 Å². The van der Waals surface area contributed by atoms with E-state index in [2.05, 4.69) is 56.5 Å². The molecule has 1 N–H and O–H groups in total. The Hall–Kier alpha value is -4.32. The third-order valence-electron chi connectivity index (χ3n) is 6.68. The van der Waals surface area contributed by atoms with Gasteiger partial charge in [-0.3, -0.25) is 4.98 Å². The lowest BCUT2D eigenvalue weighted by Crippen LogP contribution is -2.07. The molecular formula is C31H30N4O2. The largest absolute Gasteiger partial charge is 0.478 e. The highest BCUT2D eigenvalue weighted by atomic mass is 16.4. The van der Waals surface area contributed by atoms with Crippen LogP contribution >= 0.6 is 0 Å². The third-order valence-corrected chi connectivity index (χ3v) is 6.68. The molecule has 0 saturated heterocycles. The molecule has 5 aromatic rings. The molecule has 0 radical (unpaired) electrons. The molecule has 0 saturated carbocycles. The minimum atomic E-state index is -0.958. The van der Waals surface area contributed by atoms with Gasteiger partial charge in [-0.15, -0.1) is 0 Å². The number of nitrogens with zero attached hydrogens (tertiary/aromatic N) is 4. The Morgan fingerprint density at radius 1 is 0.865 bits per heavy atom. The van der Waals surface area contributed by atoms with E-state index in [1.807, 2.05) is 31.2 Å². The summed E-state index contributed by atoms with van der Waals surface area (Å²) in [6.45, 7) is 10.8. The first-order valence-corrected chi connectivity index (χ1v) is 12.5. The monoisotopic (exact) mass is 490 g/mol. The first-order chi connectivity index (χ1) is 17.7. The summed E-state index contributed by atoms with van der Waals surface area (Å²) in [5.74, 6) is 0.0109. The molecule has 0 aliphatic carbocycles. The molecule has 3 aromatic heterocycles. The molecule has 5 rings (SSSR count). The number of imidazole rings is 1. The molecule has 0 atom stereocenters. The van der Waals surface area contributed by atoms with Crippen molar-refractivity contribution in [1.82, 2.24) is 19.5 Å². The zero-order valence-corrected chi connectivity index (χ0v) is 21.8. The maximum atomic E-state index is 12.0. The molecule has 3 heterocycles. The lowest BCUT2D eigenvalue weighted by atomic mass is 9.94. The predicted molar refractivity (Wildman–Crippen MR) is 147 cm³/mol. The summed E-state index contributed by atoms with van der Waals surface area (Å²) in [6.07, 6.45) is 2.55. The molecule has 0 bridgehead atoms. The summed E-state index contributed by atoms with van der Waals surface area (Å²) < 4.78 is 2.13. The SMILES string of the molecule is CCc1nc2c(C)cc(C)nc2n1Cc1ccc(-c2cc(-c3cc(C)cc(C)c3)ccc2C(=O)O)cn1. The van der Waals surface area contributed by atoms with Crippen molar-refractivity contribution in [2.24, 2.45) is 0 Å². The Kier molecular flexibility index (Phi) is 6.34. The van der Waals surface area contributed by atoms with E-state index >= 15 is 0 Å². The number of carbonyl (C=O) groups is 1. The summed E-state index contributed by atoms with van der Waals surface area (Å²) in [5, 5.41) is 9.87. The number of carboxylic acids is 1. The second-order valence-corrected chi connectivity index (χ2v) is 9.70. The molecule has 0 spiro atoms. The number of rotatable bonds is 6. The maximum absolute atomic E-state index is 12.0. The van der Waals surface area contributed by atoms with Gasteiger partial charge in [0.25, 0.3) is 0 Å². The van der Waals surface area contributed by atoms with E-state index < -0.39 is 5.97 Å². The highest BCUT2D eigenvalue weighted by Crippen LogP contribution is 2.31. The van der Waals surface area contributed by atoms with Crippen LogP contribution < -0.4 is 0 Å². The number of aromatic nitrogens is 4. The number of aryl methyl sites for hydroxylation is 5. The summed E-state index contributed by atoms with van der Waals surface area (Å²) in [6, 6.07) is 17.8. The van der Waals surface area contributed by atoms with Gasteiger partial charge in [-0.1, -0.05) is 48.4 Å². The molecule has 6 heteroatoms. The average molecular weight is 491 g/mol. The number of benzene rings is 2. The molecule has 0 amide bonds. The Labute approximate surface area is 216 Å². The quantitative estimate of drug-likeness (QED) is 0.286. The third kappa shape index (κ3) is 4.75. The first kappa shape index (κ1) is 24.4. The van der Waals surface area contributed by atoms with Crippen molar-refractivity contribution >= 4 is 17.1 Å². The second-order valence-electron chi connectivity index (χ2n) is 9.70. The first-order valence-electron chi connectivity index (χ1n) is 12.5. The van der Waals surface area contributed by atoms with Crippen molar-refractivity contribution in [3.63, 3.8) is 0 Å². The van der Waals surface area contributed by atoms with Gasteiger partial charge in [0.05, 0.1) is 17.8 Å². The fourth-order valence-electron chi connectivity index (χ4n) is 5.01. The standard InChI is InChI=1S/C31H30N4O2/c1-6-28-34-29-20(4)14-21(5)33-30(29)35(28)17-25-9-7-23(16-32-25)27-15-22(8-10-26(27)31(36)37)24-12-18(2)11-19(3)13-24/h7-16H,6,17H2,1-5H3,(H,36,37). The zero-order chi connectivity index (χ0) is 26.3. The Bertz CT molecular complexity index is 1630. The molecule has 37 heavy (non-hydrogen) atoms. The van der Waals surface area contributed by atoms with E-state index in [-0.39, 0.29) is 5.56 Å². The molecule has 0 aliphatic heterocycles. The number of hydrogen-bond acceptors (Lipinski definition) is 4. The fourth-order valence-corrected chi connectivity index (χ4v) is 5.01. The van der Waals surface area contributed by atoms with Crippen LogP contribution in [0.2, 0.25) is 0 Å². The highest BCUT2D eigenvalue weighted by molar-refractivity contribution is 5.97. The topological polar surface area (TPSA) is 80.9 Å². The molecule has 2 aromatic carbocycles. The number of carboxylic acid groups (broad SMARTS) is 1. The van der Waals surface area contributed by atoms with E-state index in [4.69, 9.17) is 15.0 Å². The molecule has 6 nitrogen and oxygen atoms in total. The van der Waals surface area contributed by atoms with E-state index in [9.17, 15) is 9.90 Å². The van der Waals surface area contributed by atoms with Crippen LogP contribution in [0.3, 0.4) is 0 Å². The Morgan fingerprint density at radius 2 is 1.59 bits per heavy atom. The number of aromatic carboxylic acids is 1. The van der Waals surface area contributed by atoms with Crippen LogP contribution in [-0.4, -0.2) is 30.6 Å². The molecular weight excluding hydrogens is 460 g/mol. The van der Waals surface area contributed by atoms with Gasteiger partial charge in [-0.2, -0.15) is 0 Å². The van der Waals surface area contributed by atoms with E-state index in [0.29, 0.717) is 12.1 Å². The van der Waals surface area contributed by atoms with Crippen molar-refractivity contribution in [3.8, 4) is 22.3 Å². The maximum Gasteiger partial charge on any atom is 0.336 e. The van der Waals surface area contributed by atoms with Gasteiger partial charge in [0.1, 0.15) is 11.3 Å². The van der Waals surface area contributed by atoms with Gasteiger partial charge in [0.15, 0.2) is 5.65 Å². The van der Waals surface area contributed by atoms with Crippen LogP contribution in [0.4, 0.5) is 0 Å². The van der Waals surface area contributed by atoms with Crippen molar-refractivity contribution in [3.05, 3.63) is 100 Å². The van der Waals surface area contributed by atoms with Crippen LogP contribution in [0.25, 0.3) is 33.4 Å². The number of pyridine rings is 2. The van der Waals surface area contributed by atoms with E-state index in [0.717, 1.165) is 57.1 Å². The molecule has 0 fully saturated rings. The minimum absolute atomic E-state index is 0.256. The summed E-state index contributed by atoms with van der Waals surface area (Å²) in [5.41, 5.74) is 10.8. The van der Waals surface area contributed by atoms with Gasteiger partial charge in [0, 0.05) is 23.9 Å². The van der Waals surface area contributed by atoms with Crippen molar-refractivity contribution in [1.29, 1.82) is 0 Å². The summed E-state index contributed by atoms with van der Waals surface area (Å²) >= 11 is 0. The lowest BCUT2D eigenvalue weighted by Gasteiger charge is -2.12. The Morgan fingerprint density at radius 3 is 2.24 bits per heavy atom. The van der Waals surface area contributed by atoms with E-state index in [1.54, 1.807) is 12.3 Å². The lowest BCUT2D eigenvalue weighted by molar-refractivity contribution is 0.0697. The van der Waals surface area contributed by atoms with Crippen molar-refractivity contribution < 1.29 is 9.90 Å². The van der Waals surface area contributed by atoms with E-state index in [1.165, 1.54) is 11.1 Å². The van der Waals surface area contributed by atoms with Gasteiger partial charge < -0.3 is 9.67 Å². The minimum Gasteiger partial charge on any atom is -0.478 e. The summed E-state index contributed by atoms with van der Waals surface area (Å²) in [4.78, 5) is 26.3.